The number of carboxylic acids is 1. The Bertz CT molecular complexity index is 191. The monoisotopic (exact) mass is 290 g/mol. The molecule has 0 amide bonds. The maximum absolute atomic E-state index is 10.5. The van der Waals surface area contributed by atoms with Crippen LogP contribution < -0.4 is 64.2 Å². The van der Waals surface area contributed by atoms with Crippen molar-refractivity contribution in [2.45, 2.75) is 64.2 Å². The van der Waals surface area contributed by atoms with Crippen LogP contribution in [0.2, 0.25) is 0 Å². The minimum absolute atomic E-state index is 0. The van der Waals surface area contributed by atoms with Crippen molar-refractivity contribution in [2.75, 3.05) is 0 Å². The largest absolute Gasteiger partial charge is 1.00 e. The Morgan fingerprint density at radius 1 is 0.722 bits per heavy atom. The van der Waals surface area contributed by atoms with Crippen LogP contribution in [0.5, 0.6) is 0 Å². The van der Waals surface area contributed by atoms with Crippen molar-refractivity contribution in [3.8, 4) is 0 Å². The van der Waals surface area contributed by atoms with E-state index in [1.54, 1.807) is 0 Å². The van der Waals surface area contributed by atoms with E-state index < -0.39 is 5.97 Å². The summed E-state index contributed by atoms with van der Waals surface area (Å²) in [6.07, 6.45) is 8.93. The molecule has 18 heavy (non-hydrogen) atoms. The van der Waals surface area contributed by atoms with Gasteiger partial charge in [-0.1, -0.05) is 38.5 Å². The summed E-state index contributed by atoms with van der Waals surface area (Å²) in [5, 5.41) is 9.98. The van der Waals surface area contributed by atoms with Gasteiger partial charge in [0.2, 0.25) is 0 Å². The number of hydrogen-bond acceptors (Lipinski definition) is 4. The molecule has 0 spiro atoms. The van der Waals surface area contributed by atoms with E-state index in [0.717, 1.165) is 51.4 Å². The Kier molecular flexibility index (Phi) is 24.9. The fourth-order valence-corrected chi connectivity index (χ4v) is 1.74. The molecule has 0 saturated heterocycles. The molecule has 3 nitrogen and oxygen atoms in total. The van der Waals surface area contributed by atoms with E-state index in [4.69, 9.17) is 0 Å². The molecule has 6 heteroatoms. The molecule has 0 aromatic carbocycles. The summed E-state index contributed by atoms with van der Waals surface area (Å²) in [7, 11) is 0. The van der Waals surface area contributed by atoms with Crippen molar-refractivity contribution >= 4 is 23.7 Å². The average molecular weight is 290 g/mol. The van der Waals surface area contributed by atoms with Gasteiger partial charge in [0.25, 0.3) is 0 Å². The van der Waals surface area contributed by atoms with E-state index in [2.05, 4.69) is 12.6 Å². The molecule has 0 fully saturated rings. The zero-order valence-corrected chi connectivity index (χ0v) is 16.5. The third-order valence-corrected chi connectivity index (χ3v) is 2.72. The molecule has 0 aliphatic heterocycles. The van der Waals surface area contributed by atoms with E-state index in [9.17, 15) is 14.7 Å². The van der Waals surface area contributed by atoms with Gasteiger partial charge in [-0.3, -0.25) is 0 Å². The van der Waals surface area contributed by atoms with Crippen LogP contribution in [-0.2, 0) is 22.2 Å². The minimum atomic E-state index is -0.950. The molecule has 0 rings (SSSR count). The summed E-state index contributed by atoms with van der Waals surface area (Å²) in [5.74, 6) is -0.950. The number of hydrogen-bond donors (Lipinski definition) is 0. The normalized spacial score (nSPS) is 9.11. The summed E-state index contributed by atoms with van der Waals surface area (Å²) in [6, 6.07) is 0. The van der Waals surface area contributed by atoms with Crippen LogP contribution in [0.3, 0.4) is 0 Å². The van der Waals surface area contributed by atoms with E-state index in [0.29, 0.717) is 6.42 Å². The summed E-state index contributed by atoms with van der Waals surface area (Å²) in [5.41, 5.74) is 0. The quantitative estimate of drug-likeness (QED) is 0.220. The molecule has 0 saturated carbocycles. The molecule has 0 bridgehead atoms. The number of carboxylic acid groups (broad SMARTS) is 1. The maximum Gasteiger partial charge on any atom is 1.00 e. The maximum atomic E-state index is 10.5. The number of aliphatic carboxylic acids is 1. The van der Waals surface area contributed by atoms with Crippen LogP contribution in [0.15, 0.2) is 0 Å². The van der Waals surface area contributed by atoms with Crippen molar-refractivity contribution < 1.29 is 73.8 Å². The molecule has 0 unspecified atom stereocenters. The summed E-state index contributed by atoms with van der Waals surface area (Å²) < 4.78 is 0. The van der Waals surface area contributed by atoms with Crippen LogP contribution in [0.1, 0.15) is 64.2 Å². The van der Waals surface area contributed by atoms with Crippen LogP contribution in [-0.4, -0.2) is 11.1 Å². The third kappa shape index (κ3) is 22.5. The van der Waals surface area contributed by atoms with E-state index in [1.807, 2.05) is 0 Å². The van der Waals surface area contributed by atoms with Crippen LogP contribution in [0.4, 0.5) is 0 Å². The molecule has 0 aliphatic carbocycles. The van der Waals surface area contributed by atoms with Crippen LogP contribution >= 0.6 is 0 Å². The summed E-state index contributed by atoms with van der Waals surface area (Å²) in [4.78, 5) is 20.6. The van der Waals surface area contributed by atoms with Gasteiger partial charge >= 0.3 is 59.1 Å². The Morgan fingerprint density at radius 2 is 1.06 bits per heavy atom. The van der Waals surface area contributed by atoms with Crippen molar-refractivity contribution in [1.82, 2.24) is 0 Å². The van der Waals surface area contributed by atoms with Gasteiger partial charge in [-0.2, -0.15) is 0 Å². The Morgan fingerprint density at radius 3 is 1.39 bits per heavy atom. The third-order valence-electron chi connectivity index (χ3n) is 2.51. The van der Waals surface area contributed by atoms with Gasteiger partial charge in [0.15, 0.2) is 0 Å². The van der Waals surface area contributed by atoms with Gasteiger partial charge in [-0.25, -0.2) is 0 Å². The molecule has 0 aliphatic rings. The standard InChI is InChI=1S/C12H22O3S.2Na/c13-11(14)9-7-5-3-1-2-4-6-8-10-12(15)16;;/h1-10H2,(H,13,14)(H,15,16);;/q;2*+1/p-2. The first-order valence-corrected chi connectivity index (χ1v) is 6.43. The molecular formula is C12H20Na2O3S. The second kappa shape index (κ2) is 18.4. The van der Waals surface area contributed by atoms with Crippen molar-refractivity contribution in [3.05, 3.63) is 0 Å². The molecule has 0 N–H and O–H groups in total. The van der Waals surface area contributed by atoms with Crippen molar-refractivity contribution in [2.24, 2.45) is 0 Å². The Hall–Kier alpha value is 1.36. The fraction of sp³-hybridized carbons (Fsp3) is 0.833. The van der Waals surface area contributed by atoms with Crippen molar-refractivity contribution in [3.63, 3.8) is 0 Å². The molecule has 0 atom stereocenters. The SMILES string of the molecule is O=C([O-])CCCCCCCCCCC(=O)[S-].[Na+].[Na+]. The fourth-order valence-electron chi connectivity index (χ4n) is 1.60. The predicted molar refractivity (Wildman–Crippen MR) is 63.5 cm³/mol. The molecule has 0 heterocycles. The summed E-state index contributed by atoms with van der Waals surface area (Å²) in [6.45, 7) is 0. The van der Waals surface area contributed by atoms with Crippen LogP contribution in [0.25, 0.3) is 0 Å². The van der Waals surface area contributed by atoms with Gasteiger partial charge in [0, 0.05) is 11.1 Å². The number of unbranched alkanes of at least 4 members (excludes halogenated alkanes) is 7. The molecule has 0 aromatic heterocycles. The van der Waals surface area contributed by atoms with E-state index >= 15 is 0 Å². The topological polar surface area (TPSA) is 57.2 Å². The Balaban J connectivity index is -0.00000112. The summed E-state index contributed by atoms with van der Waals surface area (Å²) >= 11 is 4.46. The first-order valence-electron chi connectivity index (χ1n) is 6.02. The predicted octanol–water partition coefficient (Wildman–Crippen LogP) is -4.28. The number of carbonyl (C=O) groups excluding carboxylic acids is 2. The number of carbonyl (C=O) groups is 2. The second-order valence-corrected chi connectivity index (χ2v) is 4.53. The zero-order chi connectivity index (χ0) is 12.2. The molecular weight excluding hydrogens is 270 g/mol. The molecule has 0 radical (unpaired) electrons. The van der Waals surface area contributed by atoms with E-state index in [-0.39, 0.29) is 70.7 Å². The number of rotatable bonds is 11. The minimum Gasteiger partial charge on any atom is -0.742 e. The van der Waals surface area contributed by atoms with Gasteiger partial charge in [0.05, 0.1) is 0 Å². The average Bonchev–Trinajstić information content (AvgIpc) is 2.20. The smallest absolute Gasteiger partial charge is 0.742 e. The van der Waals surface area contributed by atoms with Gasteiger partial charge in [0.1, 0.15) is 0 Å². The van der Waals surface area contributed by atoms with Gasteiger partial charge < -0.3 is 27.3 Å². The first-order chi connectivity index (χ1) is 7.63. The first kappa shape index (κ1) is 24.4. The second-order valence-electron chi connectivity index (χ2n) is 4.07. The van der Waals surface area contributed by atoms with Crippen molar-refractivity contribution in [1.29, 1.82) is 0 Å². The van der Waals surface area contributed by atoms with E-state index in [1.165, 1.54) is 0 Å². The molecule has 0 aromatic rings. The van der Waals surface area contributed by atoms with Gasteiger partial charge in [-0.05, 0) is 25.7 Å². The van der Waals surface area contributed by atoms with Gasteiger partial charge in [-0.15, -0.1) is 0 Å². The zero-order valence-electron chi connectivity index (χ0n) is 11.7. The molecule has 94 valence electrons. The van der Waals surface area contributed by atoms with Crippen LogP contribution in [0, 0.1) is 0 Å². The Labute approximate surface area is 160 Å².